The molecule has 6 heteroatoms. The van der Waals surface area contributed by atoms with Gasteiger partial charge in [-0.15, -0.1) is 0 Å². The first kappa shape index (κ1) is 16.9. The summed E-state index contributed by atoms with van der Waals surface area (Å²) in [5.74, 6) is 1.42. The molecule has 1 aromatic carbocycles. The molecule has 0 spiro atoms. The van der Waals surface area contributed by atoms with Crippen molar-refractivity contribution in [1.29, 1.82) is 0 Å². The van der Waals surface area contributed by atoms with Crippen LogP contribution in [0.15, 0.2) is 12.1 Å². The van der Waals surface area contributed by atoms with E-state index in [0.29, 0.717) is 33.3 Å². The third-order valence-corrected chi connectivity index (χ3v) is 5.82. The van der Waals surface area contributed by atoms with Crippen molar-refractivity contribution < 1.29 is 9.53 Å². The maximum Gasteiger partial charge on any atom is 0.227 e. The normalized spacial score (nSPS) is 29.9. The summed E-state index contributed by atoms with van der Waals surface area (Å²) in [5, 5.41) is 3.72. The van der Waals surface area contributed by atoms with Crippen LogP contribution in [0.3, 0.4) is 0 Å². The Hall–Kier alpha value is -0.970. The molecule has 0 radical (unpaired) electrons. The molecule has 3 rings (SSSR count). The number of ether oxygens (including phenoxy) is 1. The van der Waals surface area contributed by atoms with Gasteiger partial charge in [-0.3, -0.25) is 4.79 Å². The molecule has 0 aliphatic heterocycles. The fourth-order valence-electron chi connectivity index (χ4n) is 4.07. The second-order valence-electron chi connectivity index (χ2n) is 6.66. The molecule has 2 saturated carbocycles. The maximum atomic E-state index is 12.6. The molecule has 2 aliphatic carbocycles. The minimum atomic E-state index is 0.0183. The maximum absolute atomic E-state index is 12.6. The van der Waals surface area contributed by atoms with Crippen LogP contribution in [0.2, 0.25) is 10.0 Å². The smallest absolute Gasteiger partial charge is 0.227 e. The van der Waals surface area contributed by atoms with Gasteiger partial charge in [0.2, 0.25) is 5.91 Å². The third kappa shape index (κ3) is 3.44. The van der Waals surface area contributed by atoms with Crippen molar-refractivity contribution >= 4 is 34.8 Å². The van der Waals surface area contributed by atoms with Crippen LogP contribution in [-0.2, 0) is 4.79 Å². The van der Waals surface area contributed by atoms with E-state index in [2.05, 4.69) is 5.32 Å². The van der Waals surface area contributed by atoms with Gasteiger partial charge in [0.05, 0.1) is 17.2 Å². The summed E-state index contributed by atoms with van der Waals surface area (Å²) < 4.78 is 5.12. The van der Waals surface area contributed by atoms with Gasteiger partial charge >= 0.3 is 0 Å². The molecule has 1 aromatic rings. The second kappa shape index (κ2) is 6.88. The molecule has 126 valence electrons. The molecular weight excluding hydrogens is 335 g/mol. The number of nitrogens with one attached hydrogen (secondary N) is 1. The average molecular weight is 357 g/mol. The Morgan fingerprint density at radius 2 is 1.78 bits per heavy atom. The van der Waals surface area contributed by atoms with Crippen LogP contribution in [0.5, 0.6) is 5.75 Å². The highest BCUT2D eigenvalue weighted by atomic mass is 35.5. The highest BCUT2D eigenvalue weighted by Crippen LogP contribution is 2.42. The van der Waals surface area contributed by atoms with Crippen molar-refractivity contribution in [2.75, 3.05) is 12.4 Å². The summed E-state index contributed by atoms with van der Waals surface area (Å²) in [5.41, 5.74) is 6.89. The Kier molecular flexibility index (Phi) is 5.04. The topological polar surface area (TPSA) is 64.3 Å². The fourth-order valence-corrected chi connectivity index (χ4v) is 4.72. The van der Waals surface area contributed by atoms with Crippen LogP contribution in [0.25, 0.3) is 0 Å². The SMILES string of the molecule is COc1c(Cl)cc(NC(=O)C2CC3CCCC(C2)C3N)cc1Cl. The summed E-state index contributed by atoms with van der Waals surface area (Å²) in [7, 11) is 1.51. The van der Waals surface area contributed by atoms with Crippen molar-refractivity contribution in [3.8, 4) is 5.75 Å². The van der Waals surface area contributed by atoms with Crippen LogP contribution >= 0.6 is 23.2 Å². The molecule has 2 unspecified atom stereocenters. The number of hydrogen-bond acceptors (Lipinski definition) is 3. The molecule has 23 heavy (non-hydrogen) atoms. The molecule has 3 N–H and O–H groups in total. The van der Waals surface area contributed by atoms with Crippen LogP contribution in [0.1, 0.15) is 32.1 Å². The Morgan fingerprint density at radius 3 is 2.30 bits per heavy atom. The molecule has 0 saturated heterocycles. The number of rotatable bonds is 3. The van der Waals surface area contributed by atoms with Crippen LogP contribution in [-0.4, -0.2) is 19.1 Å². The number of benzene rings is 1. The summed E-state index contributed by atoms with van der Waals surface area (Å²) >= 11 is 12.2. The standard InChI is InChI=1S/C17H22Cl2N2O2/c1-23-16-13(18)7-12(8-14(16)19)21-17(22)11-5-9-3-2-4-10(6-11)15(9)20/h7-11,15H,2-6,20H2,1H3,(H,21,22). The van der Waals surface area contributed by atoms with Crippen LogP contribution < -0.4 is 15.8 Å². The Balaban J connectivity index is 1.70. The number of nitrogens with two attached hydrogens (primary N) is 1. The van der Waals surface area contributed by atoms with Gasteiger partial charge in [-0.1, -0.05) is 29.6 Å². The average Bonchev–Trinajstić information content (AvgIpc) is 2.46. The summed E-state index contributed by atoms with van der Waals surface area (Å²) in [6.45, 7) is 0. The van der Waals surface area contributed by atoms with E-state index in [1.165, 1.54) is 13.5 Å². The first-order valence-electron chi connectivity index (χ1n) is 8.09. The first-order chi connectivity index (χ1) is 11.0. The van der Waals surface area contributed by atoms with E-state index in [1.54, 1.807) is 12.1 Å². The zero-order valence-electron chi connectivity index (χ0n) is 13.1. The quantitative estimate of drug-likeness (QED) is 0.856. The van der Waals surface area contributed by atoms with Crippen molar-refractivity contribution in [3.63, 3.8) is 0 Å². The summed E-state index contributed by atoms with van der Waals surface area (Å²) in [6.07, 6.45) is 5.27. The van der Waals surface area contributed by atoms with Gasteiger partial charge in [0.15, 0.2) is 5.75 Å². The monoisotopic (exact) mass is 356 g/mol. The number of anilines is 1. The van der Waals surface area contributed by atoms with Crippen molar-refractivity contribution in [3.05, 3.63) is 22.2 Å². The highest BCUT2D eigenvalue weighted by Gasteiger charge is 2.40. The van der Waals surface area contributed by atoms with Crippen molar-refractivity contribution in [2.45, 2.75) is 38.1 Å². The van der Waals surface area contributed by atoms with E-state index < -0.39 is 0 Å². The van der Waals surface area contributed by atoms with Gasteiger partial charge in [-0.05, 0) is 49.7 Å². The number of halogens is 2. The first-order valence-corrected chi connectivity index (χ1v) is 8.84. The zero-order valence-corrected chi connectivity index (χ0v) is 14.7. The molecule has 0 heterocycles. The molecule has 2 bridgehead atoms. The lowest BCUT2D eigenvalue weighted by Crippen LogP contribution is -2.48. The molecular formula is C17H22Cl2N2O2. The van der Waals surface area contributed by atoms with Gasteiger partial charge in [-0.25, -0.2) is 0 Å². The molecule has 1 amide bonds. The summed E-state index contributed by atoms with van der Waals surface area (Å²) in [4.78, 5) is 12.6. The lowest BCUT2D eigenvalue weighted by Gasteiger charge is -2.43. The van der Waals surface area contributed by atoms with Crippen molar-refractivity contribution in [1.82, 2.24) is 0 Å². The van der Waals surface area contributed by atoms with Gasteiger partial charge in [0, 0.05) is 17.6 Å². The lowest BCUT2D eigenvalue weighted by molar-refractivity contribution is -0.122. The van der Waals surface area contributed by atoms with E-state index in [0.717, 1.165) is 25.7 Å². The van der Waals surface area contributed by atoms with E-state index in [9.17, 15) is 4.79 Å². The van der Waals surface area contributed by atoms with Gasteiger partial charge in [-0.2, -0.15) is 0 Å². The number of amides is 1. The van der Waals surface area contributed by atoms with Gasteiger partial charge in [0.1, 0.15) is 0 Å². The lowest BCUT2D eigenvalue weighted by atomic mass is 9.65. The Labute approximate surface area is 146 Å². The largest absolute Gasteiger partial charge is 0.494 e. The minimum Gasteiger partial charge on any atom is -0.494 e. The third-order valence-electron chi connectivity index (χ3n) is 5.25. The van der Waals surface area contributed by atoms with Gasteiger partial charge < -0.3 is 15.8 Å². The van der Waals surface area contributed by atoms with Crippen LogP contribution in [0.4, 0.5) is 5.69 Å². The second-order valence-corrected chi connectivity index (χ2v) is 7.47. The molecule has 2 aliphatic rings. The predicted octanol–water partition coefficient (Wildman–Crippen LogP) is 4.09. The molecule has 2 atom stereocenters. The summed E-state index contributed by atoms with van der Waals surface area (Å²) in [6, 6.07) is 3.59. The Bertz CT molecular complexity index is 571. The molecule has 0 aromatic heterocycles. The number of carbonyl (C=O) groups excluding carboxylic acids is 1. The van der Waals surface area contributed by atoms with E-state index >= 15 is 0 Å². The van der Waals surface area contributed by atoms with Gasteiger partial charge in [0.25, 0.3) is 0 Å². The fraction of sp³-hybridized carbons (Fsp3) is 0.588. The molecule has 2 fully saturated rings. The van der Waals surface area contributed by atoms with E-state index in [4.69, 9.17) is 33.7 Å². The predicted molar refractivity (Wildman–Crippen MR) is 93.2 cm³/mol. The van der Waals surface area contributed by atoms with E-state index in [1.807, 2.05) is 0 Å². The number of methoxy groups -OCH3 is 1. The number of hydrogen-bond donors (Lipinski definition) is 2. The number of carbonyl (C=O) groups is 1. The highest BCUT2D eigenvalue weighted by molar-refractivity contribution is 6.37. The molecule has 4 nitrogen and oxygen atoms in total. The Morgan fingerprint density at radius 1 is 1.22 bits per heavy atom. The number of fused-ring (bicyclic) bond motifs is 2. The van der Waals surface area contributed by atoms with Crippen molar-refractivity contribution in [2.24, 2.45) is 23.5 Å². The minimum absolute atomic E-state index is 0.0183. The van der Waals surface area contributed by atoms with Crippen LogP contribution in [0, 0.1) is 17.8 Å². The van der Waals surface area contributed by atoms with E-state index in [-0.39, 0.29) is 17.9 Å². The zero-order chi connectivity index (χ0) is 16.6.